The van der Waals surface area contributed by atoms with Gasteiger partial charge in [-0.2, -0.15) is 0 Å². The molecule has 2 aromatic rings. The van der Waals surface area contributed by atoms with Crippen molar-refractivity contribution in [2.24, 2.45) is 0 Å². The standard InChI is InChI=1S/C16H17NO6/c1-4-22-16(20)13-6-10(5-11(8-18)17-13)14-7-12(9(2)23-14)15(19)21-3/h5-7,18H,4,8H2,1-3H3. The maximum atomic E-state index is 11.9. The number of carbonyl (C=O) groups is 2. The third-order valence-corrected chi connectivity index (χ3v) is 3.13. The van der Waals surface area contributed by atoms with Crippen LogP contribution in [0.15, 0.2) is 22.6 Å². The number of furan rings is 1. The first-order chi connectivity index (χ1) is 11.0. The number of ether oxygens (including phenoxy) is 2. The highest BCUT2D eigenvalue weighted by atomic mass is 16.5. The van der Waals surface area contributed by atoms with E-state index in [1.54, 1.807) is 19.9 Å². The molecule has 0 aromatic carbocycles. The molecule has 0 amide bonds. The van der Waals surface area contributed by atoms with E-state index in [9.17, 15) is 14.7 Å². The maximum Gasteiger partial charge on any atom is 0.356 e. The molecule has 0 saturated carbocycles. The summed E-state index contributed by atoms with van der Waals surface area (Å²) in [7, 11) is 1.28. The van der Waals surface area contributed by atoms with Gasteiger partial charge in [-0.25, -0.2) is 14.6 Å². The van der Waals surface area contributed by atoms with Crippen molar-refractivity contribution in [1.82, 2.24) is 4.98 Å². The van der Waals surface area contributed by atoms with Gasteiger partial charge in [-0.05, 0) is 32.0 Å². The molecule has 0 saturated heterocycles. The lowest BCUT2D eigenvalue weighted by molar-refractivity contribution is 0.0518. The molecular weight excluding hydrogens is 302 g/mol. The predicted octanol–water partition coefficient (Wildman–Crippen LogP) is 2.11. The van der Waals surface area contributed by atoms with Crippen molar-refractivity contribution >= 4 is 11.9 Å². The molecular formula is C16H17NO6. The summed E-state index contributed by atoms with van der Waals surface area (Å²) in [5.41, 5.74) is 1.15. The van der Waals surface area contributed by atoms with Gasteiger partial charge in [0, 0.05) is 5.56 Å². The highest BCUT2D eigenvalue weighted by Gasteiger charge is 2.19. The van der Waals surface area contributed by atoms with Gasteiger partial charge in [0.05, 0.1) is 26.0 Å². The van der Waals surface area contributed by atoms with Gasteiger partial charge in [0.25, 0.3) is 0 Å². The van der Waals surface area contributed by atoms with Crippen LogP contribution in [-0.4, -0.2) is 35.7 Å². The molecule has 0 atom stereocenters. The molecule has 0 aliphatic heterocycles. The molecule has 0 bridgehead atoms. The lowest BCUT2D eigenvalue weighted by Gasteiger charge is -2.06. The minimum absolute atomic E-state index is 0.0575. The number of hydrogen-bond acceptors (Lipinski definition) is 7. The van der Waals surface area contributed by atoms with Crippen LogP contribution in [0, 0.1) is 6.92 Å². The van der Waals surface area contributed by atoms with Crippen LogP contribution >= 0.6 is 0 Å². The molecule has 0 aliphatic rings. The molecule has 0 radical (unpaired) electrons. The number of carbonyl (C=O) groups excluding carboxylic acids is 2. The fourth-order valence-electron chi connectivity index (χ4n) is 2.06. The van der Waals surface area contributed by atoms with Gasteiger partial charge in [-0.1, -0.05) is 0 Å². The Bertz CT molecular complexity index is 734. The topological polar surface area (TPSA) is 98.9 Å². The zero-order valence-electron chi connectivity index (χ0n) is 13.1. The second-order valence-electron chi connectivity index (χ2n) is 4.68. The predicted molar refractivity (Wildman–Crippen MR) is 79.9 cm³/mol. The van der Waals surface area contributed by atoms with E-state index in [4.69, 9.17) is 9.15 Å². The molecule has 1 N–H and O–H groups in total. The van der Waals surface area contributed by atoms with Crippen molar-refractivity contribution < 1.29 is 28.6 Å². The zero-order chi connectivity index (χ0) is 17.0. The fourth-order valence-corrected chi connectivity index (χ4v) is 2.06. The first-order valence-electron chi connectivity index (χ1n) is 6.98. The summed E-state index contributed by atoms with van der Waals surface area (Å²) >= 11 is 0. The van der Waals surface area contributed by atoms with Gasteiger partial charge in [0.2, 0.25) is 0 Å². The summed E-state index contributed by atoms with van der Waals surface area (Å²) in [4.78, 5) is 27.5. The summed E-state index contributed by atoms with van der Waals surface area (Å²) in [6, 6.07) is 4.57. The molecule has 0 fully saturated rings. The minimum atomic E-state index is -0.597. The average molecular weight is 319 g/mol. The van der Waals surface area contributed by atoms with Crippen LogP contribution in [0.1, 0.15) is 39.2 Å². The Morgan fingerprint density at radius 2 is 2.00 bits per heavy atom. The number of pyridine rings is 1. The normalized spacial score (nSPS) is 10.4. The maximum absolute atomic E-state index is 11.9. The summed E-state index contributed by atoms with van der Waals surface area (Å²) in [5, 5.41) is 9.31. The number of esters is 2. The Kier molecular flexibility index (Phi) is 5.13. The van der Waals surface area contributed by atoms with Crippen molar-refractivity contribution in [1.29, 1.82) is 0 Å². The van der Waals surface area contributed by atoms with E-state index in [-0.39, 0.29) is 18.9 Å². The van der Waals surface area contributed by atoms with Crippen molar-refractivity contribution in [2.45, 2.75) is 20.5 Å². The Morgan fingerprint density at radius 1 is 1.26 bits per heavy atom. The Morgan fingerprint density at radius 3 is 2.61 bits per heavy atom. The van der Waals surface area contributed by atoms with Crippen LogP contribution in [-0.2, 0) is 16.1 Å². The van der Waals surface area contributed by atoms with Crippen molar-refractivity contribution in [3.05, 3.63) is 40.9 Å². The number of rotatable bonds is 5. The molecule has 23 heavy (non-hydrogen) atoms. The van der Waals surface area contributed by atoms with Crippen LogP contribution in [0.5, 0.6) is 0 Å². The van der Waals surface area contributed by atoms with E-state index in [1.165, 1.54) is 19.2 Å². The number of aryl methyl sites for hydroxylation is 1. The Labute approximate surface area is 132 Å². The highest BCUT2D eigenvalue weighted by molar-refractivity contribution is 5.92. The van der Waals surface area contributed by atoms with Crippen molar-refractivity contribution in [2.75, 3.05) is 13.7 Å². The molecule has 0 spiro atoms. The van der Waals surface area contributed by atoms with E-state index in [1.807, 2.05) is 0 Å². The summed E-state index contributed by atoms with van der Waals surface area (Å²) in [6.45, 7) is 3.19. The molecule has 2 heterocycles. The van der Waals surface area contributed by atoms with E-state index < -0.39 is 11.9 Å². The number of hydrogen-bond donors (Lipinski definition) is 1. The second-order valence-corrected chi connectivity index (χ2v) is 4.68. The largest absolute Gasteiger partial charge is 0.465 e. The quantitative estimate of drug-likeness (QED) is 0.842. The minimum Gasteiger partial charge on any atom is -0.465 e. The van der Waals surface area contributed by atoms with Crippen LogP contribution in [0.3, 0.4) is 0 Å². The van der Waals surface area contributed by atoms with E-state index in [0.29, 0.717) is 28.3 Å². The number of aliphatic hydroxyl groups excluding tert-OH is 1. The summed E-state index contributed by atoms with van der Waals surface area (Å²) in [6.07, 6.45) is 0. The van der Waals surface area contributed by atoms with Crippen LogP contribution in [0.25, 0.3) is 11.3 Å². The zero-order valence-corrected chi connectivity index (χ0v) is 13.1. The molecule has 122 valence electrons. The van der Waals surface area contributed by atoms with Gasteiger partial charge in [-0.15, -0.1) is 0 Å². The SMILES string of the molecule is CCOC(=O)c1cc(-c2cc(C(=O)OC)c(C)o2)cc(CO)n1. The molecule has 7 heteroatoms. The van der Waals surface area contributed by atoms with Crippen molar-refractivity contribution in [3.63, 3.8) is 0 Å². The summed E-state index contributed by atoms with van der Waals surface area (Å²) < 4.78 is 15.2. The highest BCUT2D eigenvalue weighted by Crippen LogP contribution is 2.27. The number of nitrogens with zero attached hydrogens (tertiary/aromatic N) is 1. The average Bonchev–Trinajstić information content (AvgIpc) is 2.95. The third-order valence-electron chi connectivity index (χ3n) is 3.13. The molecule has 2 rings (SSSR count). The molecule has 7 nitrogen and oxygen atoms in total. The first kappa shape index (κ1) is 16.7. The van der Waals surface area contributed by atoms with Gasteiger partial charge in [0.1, 0.15) is 22.8 Å². The molecule has 0 unspecified atom stereocenters. The smallest absolute Gasteiger partial charge is 0.356 e. The van der Waals surface area contributed by atoms with E-state index in [2.05, 4.69) is 9.72 Å². The number of methoxy groups -OCH3 is 1. The number of aliphatic hydroxyl groups is 1. The lowest BCUT2D eigenvalue weighted by Crippen LogP contribution is -2.09. The van der Waals surface area contributed by atoms with Crippen LogP contribution < -0.4 is 0 Å². The van der Waals surface area contributed by atoms with Gasteiger partial charge < -0.3 is 19.0 Å². The van der Waals surface area contributed by atoms with Gasteiger partial charge >= 0.3 is 11.9 Å². The fraction of sp³-hybridized carbons (Fsp3) is 0.312. The molecule has 0 aliphatic carbocycles. The monoisotopic (exact) mass is 319 g/mol. The second kappa shape index (κ2) is 7.06. The summed E-state index contributed by atoms with van der Waals surface area (Å²) in [5.74, 6) is -0.350. The van der Waals surface area contributed by atoms with Gasteiger partial charge in [-0.3, -0.25) is 0 Å². The Balaban J connectivity index is 2.48. The van der Waals surface area contributed by atoms with Crippen LogP contribution in [0.2, 0.25) is 0 Å². The first-order valence-corrected chi connectivity index (χ1v) is 6.98. The van der Waals surface area contributed by atoms with Crippen LogP contribution in [0.4, 0.5) is 0 Å². The lowest BCUT2D eigenvalue weighted by atomic mass is 10.1. The number of aromatic nitrogens is 1. The molecule has 2 aromatic heterocycles. The van der Waals surface area contributed by atoms with Gasteiger partial charge in [0.15, 0.2) is 0 Å². The van der Waals surface area contributed by atoms with E-state index >= 15 is 0 Å². The third kappa shape index (κ3) is 3.57. The van der Waals surface area contributed by atoms with Crippen molar-refractivity contribution in [3.8, 4) is 11.3 Å². The Hall–Kier alpha value is -2.67. The van der Waals surface area contributed by atoms with E-state index in [0.717, 1.165) is 0 Å².